The van der Waals surface area contributed by atoms with Gasteiger partial charge in [-0.15, -0.1) is 0 Å². The van der Waals surface area contributed by atoms with E-state index in [0.29, 0.717) is 5.69 Å². The number of benzene rings is 2. The number of anilines is 1. The lowest BCUT2D eigenvalue weighted by atomic mass is 10.2. The van der Waals surface area contributed by atoms with Crippen molar-refractivity contribution in [2.45, 2.75) is 6.92 Å². The number of aromatic nitrogens is 1. The standard InChI is InChI=1S/C19H18N2O2/c1-14-5-3-6-17(13-14)23-16-10-8-15(9-11-16)20-19(22)18-7-4-12-21(18)2/h3-13H,1-2H3,(H,20,22). The lowest BCUT2D eigenvalue weighted by molar-refractivity contribution is 0.101. The molecule has 4 heteroatoms. The lowest BCUT2D eigenvalue weighted by Gasteiger charge is -2.09. The molecule has 3 rings (SSSR count). The van der Waals surface area contributed by atoms with Crippen molar-refractivity contribution in [2.24, 2.45) is 7.05 Å². The van der Waals surface area contributed by atoms with E-state index in [1.807, 2.05) is 74.8 Å². The first-order valence-electron chi connectivity index (χ1n) is 7.39. The third-order valence-electron chi connectivity index (χ3n) is 3.51. The summed E-state index contributed by atoms with van der Waals surface area (Å²) < 4.78 is 7.58. The van der Waals surface area contributed by atoms with Crippen molar-refractivity contribution in [2.75, 3.05) is 5.32 Å². The highest BCUT2D eigenvalue weighted by molar-refractivity contribution is 6.03. The Morgan fingerprint density at radius 2 is 1.78 bits per heavy atom. The minimum Gasteiger partial charge on any atom is -0.457 e. The smallest absolute Gasteiger partial charge is 0.272 e. The van der Waals surface area contributed by atoms with Crippen LogP contribution < -0.4 is 10.1 Å². The molecule has 0 saturated heterocycles. The van der Waals surface area contributed by atoms with E-state index >= 15 is 0 Å². The molecule has 1 amide bonds. The maximum Gasteiger partial charge on any atom is 0.272 e. The number of nitrogens with zero attached hydrogens (tertiary/aromatic N) is 1. The van der Waals surface area contributed by atoms with Crippen LogP contribution in [-0.4, -0.2) is 10.5 Å². The van der Waals surface area contributed by atoms with Crippen LogP contribution in [0.3, 0.4) is 0 Å². The first kappa shape index (κ1) is 14.9. The monoisotopic (exact) mass is 306 g/mol. The average Bonchev–Trinajstić information content (AvgIpc) is 2.95. The minimum absolute atomic E-state index is 0.134. The fourth-order valence-corrected chi connectivity index (χ4v) is 2.31. The van der Waals surface area contributed by atoms with Gasteiger partial charge in [0, 0.05) is 18.9 Å². The van der Waals surface area contributed by atoms with Crippen molar-refractivity contribution in [3.63, 3.8) is 0 Å². The molecule has 4 nitrogen and oxygen atoms in total. The van der Waals surface area contributed by atoms with Crippen LogP contribution in [0.15, 0.2) is 66.9 Å². The fourth-order valence-electron chi connectivity index (χ4n) is 2.31. The Hall–Kier alpha value is -3.01. The number of hydrogen-bond donors (Lipinski definition) is 1. The van der Waals surface area contributed by atoms with Gasteiger partial charge in [-0.25, -0.2) is 0 Å². The molecule has 0 radical (unpaired) electrons. The predicted molar refractivity (Wildman–Crippen MR) is 91.1 cm³/mol. The number of carbonyl (C=O) groups excluding carboxylic acids is 1. The molecule has 0 atom stereocenters. The topological polar surface area (TPSA) is 43.3 Å². The van der Waals surface area contributed by atoms with Crippen molar-refractivity contribution >= 4 is 11.6 Å². The quantitative estimate of drug-likeness (QED) is 0.777. The Morgan fingerprint density at radius 3 is 2.43 bits per heavy atom. The fraction of sp³-hybridized carbons (Fsp3) is 0.105. The normalized spacial score (nSPS) is 10.3. The summed E-state index contributed by atoms with van der Waals surface area (Å²) in [6.45, 7) is 2.02. The molecule has 0 aliphatic rings. The van der Waals surface area contributed by atoms with E-state index in [9.17, 15) is 4.79 Å². The first-order valence-corrected chi connectivity index (χ1v) is 7.39. The second kappa shape index (κ2) is 6.40. The highest BCUT2D eigenvalue weighted by Gasteiger charge is 2.09. The molecule has 23 heavy (non-hydrogen) atoms. The van der Waals surface area contributed by atoms with Gasteiger partial charge in [0.25, 0.3) is 5.91 Å². The van der Waals surface area contributed by atoms with E-state index in [4.69, 9.17) is 4.74 Å². The summed E-state index contributed by atoms with van der Waals surface area (Å²) in [5.74, 6) is 1.39. The summed E-state index contributed by atoms with van der Waals surface area (Å²) in [6, 6.07) is 18.8. The molecule has 0 saturated carbocycles. The number of aryl methyl sites for hydroxylation is 2. The molecule has 0 aliphatic heterocycles. The molecule has 1 heterocycles. The summed E-state index contributed by atoms with van der Waals surface area (Å²) in [4.78, 5) is 12.1. The molecule has 0 aliphatic carbocycles. The number of nitrogens with one attached hydrogen (secondary N) is 1. The SMILES string of the molecule is Cc1cccc(Oc2ccc(NC(=O)c3cccn3C)cc2)c1. The predicted octanol–water partition coefficient (Wildman–Crippen LogP) is 4.38. The molecule has 1 N–H and O–H groups in total. The van der Waals surface area contributed by atoms with Crippen LogP contribution >= 0.6 is 0 Å². The van der Waals surface area contributed by atoms with Crippen LogP contribution in [0.25, 0.3) is 0 Å². The van der Waals surface area contributed by atoms with Gasteiger partial charge in [-0.2, -0.15) is 0 Å². The third kappa shape index (κ3) is 3.61. The van der Waals surface area contributed by atoms with Crippen LogP contribution in [0.1, 0.15) is 16.1 Å². The van der Waals surface area contributed by atoms with Crippen molar-refractivity contribution in [1.82, 2.24) is 4.57 Å². The maximum atomic E-state index is 12.1. The van der Waals surface area contributed by atoms with E-state index < -0.39 is 0 Å². The van der Waals surface area contributed by atoms with Crippen LogP contribution in [0.4, 0.5) is 5.69 Å². The molecule has 0 fully saturated rings. The summed E-state index contributed by atoms with van der Waals surface area (Å²) in [6.07, 6.45) is 1.84. The number of rotatable bonds is 4. The minimum atomic E-state index is -0.134. The molecule has 0 spiro atoms. The summed E-state index contributed by atoms with van der Waals surface area (Å²) in [5, 5.41) is 2.87. The van der Waals surface area contributed by atoms with Gasteiger partial charge in [-0.3, -0.25) is 4.79 Å². The average molecular weight is 306 g/mol. The van der Waals surface area contributed by atoms with E-state index in [2.05, 4.69) is 5.32 Å². The Morgan fingerprint density at radius 1 is 1.00 bits per heavy atom. The number of amides is 1. The van der Waals surface area contributed by atoms with Crippen LogP contribution in [0.2, 0.25) is 0 Å². The van der Waals surface area contributed by atoms with Gasteiger partial charge in [0.15, 0.2) is 0 Å². The van der Waals surface area contributed by atoms with Crippen molar-refractivity contribution in [3.8, 4) is 11.5 Å². The van der Waals surface area contributed by atoms with Crippen molar-refractivity contribution < 1.29 is 9.53 Å². The molecule has 2 aromatic carbocycles. The van der Waals surface area contributed by atoms with Gasteiger partial charge in [-0.05, 0) is 61.0 Å². The number of ether oxygens (including phenoxy) is 1. The second-order valence-electron chi connectivity index (χ2n) is 5.40. The highest BCUT2D eigenvalue weighted by atomic mass is 16.5. The van der Waals surface area contributed by atoms with Gasteiger partial charge in [-0.1, -0.05) is 12.1 Å². The summed E-state index contributed by atoms with van der Waals surface area (Å²) >= 11 is 0. The van der Waals surface area contributed by atoms with Crippen molar-refractivity contribution in [1.29, 1.82) is 0 Å². The van der Waals surface area contributed by atoms with Crippen molar-refractivity contribution in [3.05, 3.63) is 78.1 Å². The van der Waals surface area contributed by atoms with E-state index in [0.717, 1.165) is 22.7 Å². The Bertz CT molecular complexity index is 819. The highest BCUT2D eigenvalue weighted by Crippen LogP contribution is 2.23. The van der Waals surface area contributed by atoms with Crippen LogP contribution in [-0.2, 0) is 7.05 Å². The van der Waals surface area contributed by atoms with E-state index in [-0.39, 0.29) is 5.91 Å². The van der Waals surface area contributed by atoms with Gasteiger partial charge >= 0.3 is 0 Å². The summed E-state index contributed by atoms with van der Waals surface area (Å²) in [7, 11) is 1.84. The molecular weight excluding hydrogens is 288 g/mol. The van der Waals surface area contributed by atoms with Gasteiger partial charge in [0.05, 0.1) is 0 Å². The Balaban J connectivity index is 1.67. The Labute approximate surface area is 135 Å². The first-order chi connectivity index (χ1) is 11.1. The zero-order chi connectivity index (χ0) is 16.2. The Kier molecular flexibility index (Phi) is 4.15. The zero-order valence-electron chi connectivity index (χ0n) is 13.1. The van der Waals surface area contributed by atoms with Gasteiger partial charge in [0.1, 0.15) is 17.2 Å². The lowest BCUT2D eigenvalue weighted by Crippen LogP contribution is -2.15. The van der Waals surface area contributed by atoms with E-state index in [1.165, 1.54) is 0 Å². The maximum absolute atomic E-state index is 12.1. The summed E-state index contributed by atoms with van der Waals surface area (Å²) in [5.41, 5.74) is 2.49. The third-order valence-corrected chi connectivity index (χ3v) is 3.51. The van der Waals surface area contributed by atoms with E-state index in [1.54, 1.807) is 10.6 Å². The molecule has 0 unspecified atom stereocenters. The molecule has 1 aromatic heterocycles. The number of carbonyl (C=O) groups is 1. The zero-order valence-corrected chi connectivity index (χ0v) is 13.1. The largest absolute Gasteiger partial charge is 0.457 e. The second-order valence-corrected chi connectivity index (χ2v) is 5.40. The number of hydrogen-bond acceptors (Lipinski definition) is 2. The molecule has 116 valence electrons. The van der Waals surface area contributed by atoms with Gasteiger partial charge in [0.2, 0.25) is 0 Å². The van der Waals surface area contributed by atoms with Crippen LogP contribution in [0.5, 0.6) is 11.5 Å². The molecular formula is C19H18N2O2. The molecule has 0 bridgehead atoms. The van der Waals surface area contributed by atoms with Gasteiger partial charge < -0.3 is 14.6 Å². The van der Waals surface area contributed by atoms with Crippen LogP contribution in [0, 0.1) is 6.92 Å². The molecule has 3 aromatic rings.